The number of hydrogen-bond acceptors (Lipinski definition) is 4. The molecule has 0 spiro atoms. The number of carbonyl (C=O) groups excluding carboxylic acids is 2. The van der Waals surface area contributed by atoms with Crippen LogP contribution in [0.1, 0.15) is 55.9 Å². The Morgan fingerprint density at radius 3 is 2.00 bits per heavy atom. The van der Waals surface area contributed by atoms with Crippen LogP contribution in [0.5, 0.6) is 0 Å². The van der Waals surface area contributed by atoms with Crippen LogP contribution in [0.2, 0.25) is 0 Å². The molecule has 0 saturated heterocycles. The number of para-hydroxylation sites is 1. The molecule has 0 aromatic heterocycles. The van der Waals surface area contributed by atoms with Gasteiger partial charge in [-0.25, -0.2) is 8.42 Å². The van der Waals surface area contributed by atoms with Crippen LogP contribution in [-0.4, -0.2) is 50.0 Å². The van der Waals surface area contributed by atoms with E-state index in [0.29, 0.717) is 12.1 Å². The average Bonchev–Trinajstić information content (AvgIpc) is 2.78. The Morgan fingerprint density at radius 2 is 1.51 bits per heavy atom. The van der Waals surface area contributed by atoms with Crippen molar-refractivity contribution in [2.45, 2.75) is 73.0 Å². The molecule has 192 valence electrons. The third kappa shape index (κ3) is 7.56. The number of rotatable bonds is 11. The fraction of sp³-hybridized carbons (Fsp3) is 0.481. The number of sulfonamides is 1. The standard InChI is InChI=1S/C27H39N3O4S/c1-8-22(6)28-27(32)24(9-2)29(17-23-15-13-19(3)14-16-23)25(31)18-30(35(7,33)34)26-20(4)11-10-12-21(26)5/h10-16,22,24H,8-9,17-18H2,1-7H3,(H,28,32)/t22-,24-/m0/s1. The van der Waals surface area contributed by atoms with Crippen LogP contribution in [0, 0.1) is 20.8 Å². The monoisotopic (exact) mass is 501 g/mol. The zero-order valence-electron chi connectivity index (χ0n) is 22.0. The Hall–Kier alpha value is -2.87. The first-order chi connectivity index (χ1) is 16.4. The number of nitrogens with zero attached hydrogens (tertiary/aromatic N) is 2. The van der Waals surface area contributed by atoms with Gasteiger partial charge in [0.15, 0.2) is 0 Å². The van der Waals surface area contributed by atoms with Crippen molar-refractivity contribution in [3.05, 3.63) is 64.7 Å². The molecule has 2 rings (SSSR count). The van der Waals surface area contributed by atoms with E-state index in [0.717, 1.165) is 39.2 Å². The second-order valence-corrected chi connectivity index (χ2v) is 11.2. The van der Waals surface area contributed by atoms with E-state index in [4.69, 9.17) is 0 Å². The topological polar surface area (TPSA) is 86.8 Å². The lowest BCUT2D eigenvalue weighted by Crippen LogP contribution is -2.53. The first-order valence-electron chi connectivity index (χ1n) is 12.1. The smallest absolute Gasteiger partial charge is 0.244 e. The minimum absolute atomic E-state index is 0.0324. The van der Waals surface area contributed by atoms with Crippen molar-refractivity contribution < 1.29 is 18.0 Å². The molecule has 0 radical (unpaired) electrons. The first-order valence-corrected chi connectivity index (χ1v) is 13.9. The van der Waals surface area contributed by atoms with Gasteiger partial charge in [-0.15, -0.1) is 0 Å². The summed E-state index contributed by atoms with van der Waals surface area (Å²) in [5.74, 6) is -0.662. The number of nitrogens with one attached hydrogen (secondary N) is 1. The van der Waals surface area contributed by atoms with Crippen molar-refractivity contribution >= 4 is 27.5 Å². The number of amides is 2. The molecule has 1 N–H and O–H groups in total. The van der Waals surface area contributed by atoms with E-state index in [1.165, 1.54) is 4.90 Å². The largest absolute Gasteiger partial charge is 0.352 e. The predicted molar refractivity (Wildman–Crippen MR) is 142 cm³/mol. The van der Waals surface area contributed by atoms with Crippen molar-refractivity contribution in [1.29, 1.82) is 0 Å². The molecule has 0 fully saturated rings. The summed E-state index contributed by atoms with van der Waals surface area (Å²) in [6.07, 6.45) is 2.27. The molecule has 0 heterocycles. The molecule has 2 aromatic rings. The van der Waals surface area contributed by atoms with Crippen LogP contribution >= 0.6 is 0 Å². The molecule has 0 saturated carbocycles. The van der Waals surface area contributed by atoms with Gasteiger partial charge in [-0.05, 0) is 57.2 Å². The number of carbonyl (C=O) groups is 2. The minimum atomic E-state index is -3.76. The van der Waals surface area contributed by atoms with Gasteiger partial charge in [-0.1, -0.05) is 61.9 Å². The van der Waals surface area contributed by atoms with Crippen molar-refractivity contribution in [3.8, 4) is 0 Å². The SMILES string of the molecule is CC[C@H](C)NC(=O)[C@H](CC)N(Cc1ccc(C)cc1)C(=O)CN(c1c(C)cccc1C)S(C)(=O)=O. The van der Waals surface area contributed by atoms with E-state index in [9.17, 15) is 18.0 Å². The Labute approximate surface area is 210 Å². The summed E-state index contributed by atoms with van der Waals surface area (Å²) < 4.78 is 26.8. The summed E-state index contributed by atoms with van der Waals surface area (Å²) in [5, 5.41) is 2.98. The molecular weight excluding hydrogens is 462 g/mol. The molecule has 35 heavy (non-hydrogen) atoms. The number of benzene rings is 2. The molecule has 8 heteroatoms. The highest BCUT2D eigenvalue weighted by Gasteiger charge is 2.32. The van der Waals surface area contributed by atoms with Gasteiger partial charge < -0.3 is 10.2 Å². The molecule has 0 aliphatic carbocycles. The summed E-state index contributed by atoms with van der Waals surface area (Å²) in [4.78, 5) is 28.4. The zero-order valence-corrected chi connectivity index (χ0v) is 22.8. The van der Waals surface area contributed by atoms with Crippen LogP contribution in [0.4, 0.5) is 5.69 Å². The molecule has 7 nitrogen and oxygen atoms in total. The van der Waals surface area contributed by atoms with Gasteiger partial charge in [0.25, 0.3) is 0 Å². The molecule has 0 aliphatic rings. The average molecular weight is 502 g/mol. The van der Waals surface area contributed by atoms with Crippen molar-refractivity contribution in [2.24, 2.45) is 0 Å². The van der Waals surface area contributed by atoms with E-state index >= 15 is 0 Å². The van der Waals surface area contributed by atoms with E-state index in [-0.39, 0.29) is 25.0 Å². The molecular formula is C27H39N3O4S. The fourth-order valence-electron chi connectivity index (χ4n) is 4.03. The maximum Gasteiger partial charge on any atom is 0.244 e. The lowest BCUT2D eigenvalue weighted by atomic mass is 10.1. The highest BCUT2D eigenvalue weighted by molar-refractivity contribution is 7.92. The van der Waals surface area contributed by atoms with E-state index in [1.54, 1.807) is 0 Å². The number of hydrogen-bond donors (Lipinski definition) is 1. The predicted octanol–water partition coefficient (Wildman–Crippen LogP) is 4.10. The van der Waals surface area contributed by atoms with Gasteiger partial charge >= 0.3 is 0 Å². The van der Waals surface area contributed by atoms with Crippen molar-refractivity contribution in [2.75, 3.05) is 17.1 Å². The highest BCUT2D eigenvalue weighted by atomic mass is 32.2. The summed E-state index contributed by atoms with van der Waals surface area (Å²) in [5.41, 5.74) is 3.98. The lowest BCUT2D eigenvalue weighted by Gasteiger charge is -2.34. The zero-order chi connectivity index (χ0) is 26.3. The Morgan fingerprint density at radius 1 is 0.943 bits per heavy atom. The Bertz CT molecular complexity index is 1110. The van der Waals surface area contributed by atoms with Gasteiger partial charge in [-0.3, -0.25) is 13.9 Å². The number of aryl methyl sites for hydroxylation is 3. The molecule has 0 unspecified atom stereocenters. The Kier molecular flexibility index (Phi) is 9.89. The number of anilines is 1. The van der Waals surface area contributed by atoms with Crippen LogP contribution in [0.25, 0.3) is 0 Å². The highest BCUT2D eigenvalue weighted by Crippen LogP contribution is 2.27. The molecule has 2 amide bonds. The van der Waals surface area contributed by atoms with Crippen LogP contribution < -0.4 is 9.62 Å². The molecule has 0 bridgehead atoms. The lowest BCUT2D eigenvalue weighted by molar-refractivity contribution is -0.140. The summed E-state index contributed by atoms with van der Waals surface area (Å²) in [7, 11) is -3.76. The fourth-order valence-corrected chi connectivity index (χ4v) is 4.99. The van der Waals surface area contributed by atoms with Crippen LogP contribution in [0.15, 0.2) is 42.5 Å². The van der Waals surface area contributed by atoms with Crippen LogP contribution in [0.3, 0.4) is 0 Å². The normalized spacial score (nSPS) is 13.1. The summed E-state index contributed by atoms with van der Waals surface area (Å²) in [6, 6.07) is 12.5. The second kappa shape index (κ2) is 12.2. The van der Waals surface area contributed by atoms with Crippen LogP contribution in [-0.2, 0) is 26.2 Å². The maximum absolute atomic E-state index is 13.8. The minimum Gasteiger partial charge on any atom is -0.352 e. The molecule has 0 aliphatic heterocycles. The molecule has 2 atom stereocenters. The third-order valence-electron chi connectivity index (χ3n) is 6.23. The third-order valence-corrected chi connectivity index (χ3v) is 7.34. The Balaban J connectivity index is 2.49. The first kappa shape index (κ1) is 28.4. The van der Waals surface area contributed by atoms with Crippen molar-refractivity contribution in [1.82, 2.24) is 10.2 Å². The van der Waals surface area contributed by atoms with Crippen molar-refractivity contribution in [3.63, 3.8) is 0 Å². The maximum atomic E-state index is 13.8. The quantitative estimate of drug-likeness (QED) is 0.502. The van der Waals surface area contributed by atoms with E-state index < -0.39 is 22.0 Å². The van der Waals surface area contributed by atoms with Gasteiger partial charge in [0.2, 0.25) is 21.8 Å². The summed E-state index contributed by atoms with van der Waals surface area (Å²) >= 11 is 0. The second-order valence-electron chi connectivity index (χ2n) is 9.26. The van der Waals surface area contributed by atoms with Gasteiger partial charge in [0.05, 0.1) is 11.9 Å². The van der Waals surface area contributed by atoms with Gasteiger partial charge in [0.1, 0.15) is 12.6 Å². The van der Waals surface area contributed by atoms with Gasteiger partial charge in [-0.2, -0.15) is 0 Å². The molecule has 2 aromatic carbocycles. The van der Waals surface area contributed by atoms with E-state index in [1.807, 2.05) is 84.0 Å². The van der Waals surface area contributed by atoms with Gasteiger partial charge in [0, 0.05) is 12.6 Å². The summed E-state index contributed by atoms with van der Waals surface area (Å²) in [6.45, 7) is 11.2. The van der Waals surface area contributed by atoms with E-state index in [2.05, 4.69) is 5.32 Å².